The Morgan fingerprint density at radius 1 is 1.47 bits per heavy atom. The number of aryl methyl sites for hydroxylation is 1. The Balaban J connectivity index is 2.18. The number of rotatable bonds is 2. The van der Waals surface area contributed by atoms with Crippen LogP contribution in [-0.4, -0.2) is 16.2 Å². The zero-order valence-electron chi connectivity index (χ0n) is 11.0. The fourth-order valence-electron chi connectivity index (χ4n) is 2.79. The summed E-state index contributed by atoms with van der Waals surface area (Å²) < 4.78 is 8.03. The Kier molecular flexibility index (Phi) is 3.48. The van der Waals surface area contributed by atoms with Crippen LogP contribution >= 0.6 is 11.6 Å². The van der Waals surface area contributed by atoms with Crippen molar-refractivity contribution < 1.29 is 4.74 Å². The third-order valence-corrected chi connectivity index (χ3v) is 3.90. The average molecular weight is 280 g/mol. The molecule has 1 atom stereocenters. The number of hydrogen-bond donors (Lipinski definition) is 1. The predicted octanol–water partition coefficient (Wildman–Crippen LogP) is 3.16. The van der Waals surface area contributed by atoms with E-state index in [1.807, 2.05) is 19.1 Å². The van der Waals surface area contributed by atoms with Gasteiger partial charge in [-0.1, -0.05) is 11.6 Å². The molecule has 0 spiro atoms. The van der Waals surface area contributed by atoms with Gasteiger partial charge in [-0.15, -0.1) is 0 Å². The highest BCUT2D eigenvalue weighted by Crippen LogP contribution is 2.31. The number of imidazole rings is 1. The van der Waals surface area contributed by atoms with E-state index in [1.165, 1.54) is 6.42 Å². The highest BCUT2D eigenvalue weighted by atomic mass is 35.5. The minimum atomic E-state index is 0.0721. The Hall–Kier alpha value is -1.10. The lowest BCUT2D eigenvalue weighted by Gasteiger charge is -2.25. The molecular formula is C14H18ClN3O. The molecule has 102 valence electrons. The van der Waals surface area contributed by atoms with Crippen LogP contribution in [0.3, 0.4) is 0 Å². The number of halogens is 1. The molecule has 1 aliphatic rings. The molecule has 1 unspecified atom stereocenters. The molecule has 2 aromatic rings. The summed E-state index contributed by atoms with van der Waals surface area (Å²) in [7, 11) is 0. The van der Waals surface area contributed by atoms with E-state index in [9.17, 15) is 0 Å². The molecule has 1 aromatic heterocycles. The van der Waals surface area contributed by atoms with Crippen molar-refractivity contribution in [2.75, 3.05) is 6.61 Å². The molecule has 0 radical (unpaired) electrons. The molecular weight excluding hydrogens is 262 g/mol. The standard InChI is InChI=1S/C14H18ClN3O/c1-9-17-14-10(8-16)6-11(15)7-12(14)18(9)13-4-2-3-5-19-13/h6-7,13H,2-5,8,16H2,1H3. The van der Waals surface area contributed by atoms with Crippen molar-refractivity contribution in [3.05, 3.63) is 28.5 Å². The monoisotopic (exact) mass is 279 g/mol. The van der Waals surface area contributed by atoms with Crippen molar-refractivity contribution in [1.82, 2.24) is 9.55 Å². The van der Waals surface area contributed by atoms with Crippen LogP contribution in [0.25, 0.3) is 11.0 Å². The summed E-state index contributed by atoms with van der Waals surface area (Å²) in [5.41, 5.74) is 8.74. The summed E-state index contributed by atoms with van der Waals surface area (Å²) in [5.74, 6) is 0.957. The van der Waals surface area contributed by atoms with Crippen molar-refractivity contribution in [2.45, 2.75) is 39.0 Å². The van der Waals surface area contributed by atoms with Crippen LogP contribution in [-0.2, 0) is 11.3 Å². The van der Waals surface area contributed by atoms with Crippen molar-refractivity contribution in [3.63, 3.8) is 0 Å². The summed E-state index contributed by atoms with van der Waals surface area (Å²) in [6.07, 6.45) is 3.42. The van der Waals surface area contributed by atoms with E-state index in [-0.39, 0.29) is 6.23 Å². The maximum absolute atomic E-state index is 6.19. The van der Waals surface area contributed by atoms with Gasteiger partial charge in [0.2, 0.25) is 0 Å². The van der Waals surface area contributed by atoms with Gasteiger partial charge in [0.25, 0.3) is 0 Å². The predicted molar refractivity (Wildman–Crippen MR) is 76.2 cm³/mol. The quantitative estimate of drug-likeness (QED) is 0.919. The van der Waals surface area contributed by atoms with Crippen LogP contribution in [0.4, 0.5) is 0 Å². The van der Waals surface area contributed by atoms with Gasteiger partial charge in [0, 0.05) is 18.2 Å². The lowest BCUT2D eigenvalue weighted by atomic mass is 10.1. The Morgan fingerprint density at radius 3 is 3.00 bits per heavy atom. The van der Waals surface area contributed by atoms with Crippen LogP contribution in [0.15, 0.2) is 12.1 Å². The van der Waals surface area contributed by atoms with Gasteiger partial charge in [0.05, 0.1) is 11.0 Å². The topological polar surface area (TPSA) is 53.1 Å². The molecule has 2 heterocycles. The first-order valence-corrected chi connectivity index (χ1v) is 7.07. The third kappa shape index (κ3) is 2.24. The molecule has 0 bridgehead atoms. The summed E-state index contributed by atoms with van der Waals surface area (Å²) in [5, 5.41) is 0.699. The summed E-state index contributed by atoms with van der Waals surface area (Å²) >= 11 is 6.19. The first-order chi connectivity index (χ1) is 9.20. The first kappa shape index (κ1) is 12.9. The highest BCUT2D eigenvalue weighted by Gasteiger charge is 2.21. The van der Waals surface area contributed by atoms with Gasteiger partial charge in [-0.05, 0) is 43.9 Å². The molecule has 0 saturated carbocycles. The van der Waals surface area contributed by atoms with Gasteiger partial charge in [-0.3, -0.25) is 0 Å². The fraction of sp³-hybridized carbons (Fsp3) is 0.500. The minimum Gasteiger partial charge on any atom is -0.358 e. The Bertz CT molecular complexity index is 602. The SMILES string of the molecule is Cc1nc2c(CN)cc(Cl)cc2n1C1CCCCO1. The first-order valence-electron chi connectivity index (χ1n) is 6.69. The van der Waals surface area contributed by atoms with E-state index in [0.717, 1.165) is 41.9 Å². The van der Waals surface area contributed by atoms with E-state index in [2.05, 4.69) is 9.55 Å². The van der Waals surface area contributed by atoms with Crippen LogP contribution in [0.1, 0.15) is 36.9 Å². The molecule has 2 N–H and O–H groups in total. The zero-order valence-corrected chi connectivity index (χ0v) is 11.8. The van der Waals surface area contributed by atoms with Gasteiger partial charge >= 0.3 is 0 Å². The molecule has 4 nitrogen and oxygen atoms in total. The lowest BCUT2D eigenvalue weighted by Crippen LogP contribution is -2.19. The second kappa shape index (κ2) is 5.12. The molecule has 3 rings (SSSR count). The molecule has 1 saturated heterocycles. The zero-order chi connectivity index (χ0) is 13.4. The Labute approximate surface area is 117 Å². The van der Waals surface area contributed by atoms with Crippen LogP contribution in [0.5, 0.6) is 0 Å². The van der Waals surface area contributed by atoms with Crippen molar-refractivity contribution in [1.29, 1.82) is 0 Å². The summed E-state index contributed by atoms with van der Waals surface area (Å²) in [4.78, 5) is 4.64. The maximum Gasteiger partial charge on any atom is 0.135 e. The van der Waals surface area contributed by atoms with Gasteiger partial charge in [-0.25, -0.2) is 4.98 Å². The number of benzene rings is 1. The Morgan fingerprint density at radius 2 is 2.32 bits per heavy atom. The average Bonchev–Trinajstić information content (AvgIpc) is 2.75. The lowest BCUT2D eigenvalue weighted by molar-refractivity contribution is -0.0306. The summed E-state index contributed by atoms with van der Waals surface area (Å²) in [6, 6.07) is 3.84. The highest BCUT2D eigenvalue weighted by molar-refractivity contribution is 6.31. The second-order valence-electron chi connectivity index (χ2n) is 4.99. The van der Waals surface area contributed by atoms with Crippen molar-refractivity contribution in [2.24, 2.45) is 5.73 Å². The molecule has 19 heavy (non-hydrogen) atoms. The third-order valence-electron chi connectivity index (χ3n) is 3.68. The number of ether oxygens (including phenoxy) is 1. The second-order valence-corrected chi connectivity index (χ2v) is 5.42. The van der Waals surface area contributed by atoms with E-state index in [4.69, 9.17) is 22.1 Å². The molecule has 5 heteroatoms. The molecule has 0 amide bonds. The van der Waals surface area contributed by atoms with E-state index in [1.54, 1.807) is 0 Å². The van der Waals surface area contributed by atoms with Crippen LogP contribution < -0.4 is 5.73 Å². The number of nitrogens with two attached hydrogens (primary N) is 1. The van der Waals surface area contributed by atoms with E-state index >= 15 is 0 Å². The number of nitrogens with zero attached hydrogens (tertiary/aromatic N) is 2. The summed E-state index contributed by atoms with van der Waals surface area (Å²) in [6.45, 7) is 3.26. The molecule has 1 fully saturated rings. The van der Waals surface area contributed by atoms with Gasteiger partial charge < -0.3 is 15.0 Å². The van der Waals surface area contributed by atoms with E-state index in [0.29, 0.717) is 11.6 Å². The molecule has 1 aromatic carbocycles. The minimum absolute atomic E-state index is 0.0721. The smallest absolute Gasteiger partial charge is 0.135 e. The fourth-order valence-corrected chi connectivity index (χ4v) is 3.02. The van der Waals surface area contributed by atoms with Crippen molar-refractivity contribution in [3.8, 4) is 0 Å². The number of aromatic nitrogens is 2. The normalized spacial score (nSPS) is 20.1. The number of hydrogen-bond acceptors (Lipinski definition) is 3. The maximum atomic E-state index is 6.19. The molecule has 0 aliphatic carbocycles. The van der Waals surface area contributed by atoms with Crippen LogP contribution in [0.2, 0.25) is 5.02 Å². The largest absolute Gasteiger partial charge is 0.358 e. The van der Waals surface area contributed by atoms with E-state index < -0.39 is 0 Å². The van der Waals surface area contributed by atoms with Gasteiger partial charge in [0.15, 0.2) is 0 Å². The van der Waals surface area contributed by atoms with Gasteiger partial charge in [-0.2, -0.15) is 0 Å². The number of fused-ring (bicyclic) bond motifs is 1. The van der Waals surface area contributed by atoms with Crippen LogP contribution in [0, 0.1) is 6.92 Å². The van der Waals surface area contributed by atoms with Gasteiger partial charge in [0.1, 0.15) is 12.1 Å². The van der Waals surface area contributed by atoms with Crippen molar-refractivity contribution >= 4 is 22.6 Å². The molecule has 1 aliphatic heterocycles.